The summed E-state index contributed by atoms with van der Waals surface area (Å²) in [5.41, 5.74) is 0.698. The van der Waals surface area contributed by atoms with E-state index >= 15 is 0 Å². The van der Waals surface area contributed by atoms with Gasteiger partial charge in [0.2, 0.25) is 0 Å². The minimum atomic E-state index is -1.08. The third kappa shape index (κ3) is 3.82. The molecule has 0 radical (unpaired) electrons. The molecule has 7 nitrogen and oxygen atoms in total. The molecule has 0 unspecified atom stereocenters. The number of aliphatic hydroxyl groups is 1. The predicted octanol–water partition coefficient (Wildman–Crippen LogP) is 3.08. The first-order valence-corrected chi connectivity index (χ1v) is 11.9. The van der Waals surface area contributed by atoms with Gasteiger partial charge in [-0.1, -0.05) is 19.4 Å². The van der Waals surface area contributed by atoms with E-state index in [4.69, 9.17) is 9.84 Å². The Morgan fingerprint density at radius 2 is 1.88 bits per heavy atom. The molecule has 0 aliphatic heterocycles. The van der Waals surface area contributed by atoms with Crippen molar-refractivity contribution in [3.8, 4) is 0 Å². The Labute approximate surface area is 188 Å². The Kier molecular flexibility index (Phi) is 6.07. The number of carboxylic acid groups (broad SMARTS) is 1. The molecule has 7 atom stereocenters. The van der Waals surface area contributed by atoms with Crippen LogP contribution in [0.1, 0.15) is 71.6 Å². The molecule has 4 aliphatic rings. The molecule has 0 saturated heterocycles. The van der Waals surface area contributed by atoms with Gasteiger partial charge in [0.05, 0.1) is 18.9 Å². The van der Waals surface area contributed by atoms with Gasteiger partial charge in [0.25, 0.3) is 0 Å². The molecule has 0 heterocycles. The van der Waals surface area contributed by atoms with Crippen LogP contribution in [-0.2, 0) is 23.9 Å². The molecule has 176 valence electrons. The van der Waals surface area contributed by atoms with Crippen molar-refractivity contribution in [1.29, 1.82) is 0 Å². The molecule has 32 heavy (non-hydrogen) atoms. The number of hydrogen-bond donors (Lipinski definition) is 2. The van der Waals surface area contributed by atoms with Gasteiger partial charge in [-0.2, -0.15) is 0 Å². The summed E-state index contributed by atoms with van der Waals surface area (Å²) in [6.45, 7) is 3.99. The first-order chi connectivity index (χ1) is 15.1. The summed E-state index contributed by atoms with van der Waals surface area (Å²) in [5.74, 6) is -1.21. The van der Waals surface area contributed by atoms with Crippen molar-refractivity contribution in [1.82, 2.24) is 0 Å². The van der Waals surface area contributed by atoms with E-state index in [2.05, 4.69) is 13.8 Å². The van der Waals surface area contributed by atoms with E-state index in [9.17, 15) is 24.3 Å². The number of esters is 1. The number of Topliss-reactive ketones (excluding diaryl/α,β-unsaturated/α-hetero) is 1. The number of ketones is 2. The smallest absolute Gasteiger partial charge is 0.306 e. The molecule has 0 bridgehead atoms. The zero-order valence-corrected chi connectivity index (χ0v) is 19.0. The lowest BCUT2D eigenvalue weighted by Gasteiger charge is -2.59. The molecule has 0 amide bonds. The third-order valence-electron chi connectivity index (χ3n) is 9.20. The van der Waals surface area contributed by atoms with Gasteiger partial charge >= 0.3 is 11.9 Å². The van der Waals surface area contributed by atoms with Gasteiger partial charge < -0.3 is 14.9 Å². The van der Waals surface area contributed by atoms with Crippen molar-refractivity contribution in [2.24, 2.45) is 34.5 Å². The Hall–Kier alpha value is -2.02. The van der Waals surface area contributed by atoms with Crippen LogP contribution in [0, 0.1) is 34.5 Å². The summed E-state index contributed by atoms with van der Waals surface area (Å²) in [6, 6.07) is 0. The third-order valence-corrected chi connectivity index (χ3v) is 9.20. The molecule has 4 rings (SSSR count). The molecule has 3 saturated carbocycles. The molecular formula is C25H34O7. The highest BCUT2D eigenvalue weighted by Gasteiger charge is 2.62. The van der Waals surface area contributed by atoms with Crippen LogP contribution in [0.3, 0.4) is 0 Å². The van der Waals surface area contributed by atoms with Crippen LogP contribution in [-0.4, -0.2) is 46.4 Å². The quantitative estimate of drug-likeness (QED) is 0.602. The van der Waals surface area contributed by atoms with E-state index in [0.717, 1.165) is 32.1 Å². The molecule has 0 spiro atoms. The molecule has 0 aromatic rings. The molecular weight excluding hydrogens is 412 g/mol. The highest BCUT2D eigenvalue weighted by atomic mass is 16.5. The van der Waals surface area contributed by atoms with E-state index in [1.807, 2.05) is 6.08 Å². The Balaban J connectivity index is 1.48. The van der Waals surface area contributed by atoms with Gasteiger partial charge in [0, 0.05) is 12.3 Å². The number of fused-ring (bicyclic) bond motifs is 5. The van der Waals surface area contributed by atoms with Crippen LogP contribution in [0.2, 0.25) is 0 Å². The summed E-state index contributed by atoms with van der Waals surface area (Å²) in [7, 11) is 0. The summed E-state index contributed by atoms with van der Waals surface area (Å²) in [5, 5.41) is 20.0. The normalized spacial score (nSPS) is 40.5. The number of carbonyl (C=O) groups excluding carboxylic acids is 3. The van der Waals surface area contributed by atoms with E-state index in [0.29, 0.717) is 24.7 Å². The maximum absolute atomic E-state index is 13.0. The number of allylic oxidation sites excluding steroid dienone is 1. The lowest BCUT2D eigenvalue weighted by molar-refractivity contribution is -0.156. The van der Waals surface area contributed by atoms with Crippen molar-refractivity contribution in [2.45, 2.75) is 77.7 Å². The average molecular weight is 447 g/mol. The maximum atomic E-state index is 13.0. The fourth-order valence-electron chi connectivity index (χ4n) is 7.75. The predicted molar refractivity (Wildman–Crippen MR) is 114 cm³/mol. The highest BCUT2D eigenvalue weighted by molar-refractivity contribution is 5.91. The minimum absolute atomic E-state index is 0.108. The van der Waals surface area contributed by atoms with Crippen LogP contribution in [0.5, 0.6) is 0 Å². The number of ether oxygens (including phenoxy) is 1. The molecule has 4 aliphatic carbocycles. The average Bonchev–Trinajstić information content (AvgIpc) is 3.07. The van der Waals surface area contributed by atoms with Crippen molar-refractivity contribution < 1.29 is 34.1 Å². The monoisotopic (exact) mass is 446 g/mol. The number of carboxylic acids is 1. The molecule has 0 aromatic carbocycles. The van der Waals surface area contributed by atoms with Crippen LogP contribution in [0.15, 0.2) is 11.6 Å². The summed E-state index contributed by atoms with van der Waals surface area (Å²) in [6.07, 6.45) is 6.04. The molecule has 0 aromatic heterocycles. The topological polar surface area (TPSA) is 118 Å². The fraction of sp³-hybridized carbons (Fsp3) is 0.760. The van der Waals surface area contributed by atoms with Crippen molar-refractivity contribution in [3.05, 3.63) is 11.6 Å². The largest absolute Gasteiger partial charge is 0.481 e. The Morgan fingerprint density at radius 1 is 1.12 bits per heavy atom. The zero-order chi connectivity index (χ0) is 23.3. The molecule has 7 heteroatoms. The Bertz CT molecular complexity index is 860. The van der Waals surface area contributed by atoms with Crippen molar-refractivity contribution >= 4 is 23.5 Å². The van der Waals surface area contributed by atoms with Gasteiger partial charge in [0.15, 0.2) is 11.6 Å². The van der Waals surface area contributed by atoms with Crippen LogP contribution in [0.25, 0.3) is 0 Å². The Morgan fingerprint density at radius 3 is 2.59 bits per heavy atom. The zero-order valence-electron chi connectivity index (χ0n) is 19.0. The second-order valence-corrected chi connectivity index (χ2v) is 10.8. The highest BCUT2D eigenvalue weighted by Crippen LogP contribution is 2.66. The van der Waals surface area contributed by atoms with E-state index < -0.39 is 18.0 Å². The second-order valence-electron chi connectivity index (χ2n) is 10.8. The van der Waals surface area contributed by atoms with Gasteiger partial charge in [-0.3, -0.25) is 19.2 Å². The van der Waals surface area contributed by atoms with Gasteiger partial charge in [-0.05, 0) is 73.2 Å². The number of carbonyl (C=O) groups is 4. The minimum Gasteiger partial charge on any atom is -0.481 e. The second kappa shape index (κ2) is 8.40. The van der Waals surface area contributed by atoms with Crippen LogP contribution >= 0.6 is 0 Å². The van der Waals surface area contributed by atoms with Gasteiger partial charge in [0.1, 0.15) is 6.61 Å². The number of rotatable bonds is 6. The lowest BCUT2D eigenvalue weighted by atomic mass is 9.46. The standard InChI is InChI=1S/C25H34O7/c1-24-10-9-15(26)11-14(24)3-4-16-17-5-6-18(25(17,2)12-19(27)23(16)24)20(28)13-32-22(31)8-7-21(29)30/h11,16-19,23,27H,3-10,12-13H2,1-2H3,(H,29,30)/t16-,17-,18+,19-,23+,24-,25-/m0/s1. The van der Waals surface area contributed by atoms with Crippen LogP contribution < -0.4 is 0 Å². The summed E-state index contributed by atoms with van der Waals surface area (Å²) in [4.78, 5) is 47.4. The summed E-state index contributed by atoms with van der Waals surface area (Å²) < 4.78 is 5.07. The SMILES string of the molecule is C[C@]12C[C@H](O)[C@H]3[C@@H](CCC4=CC(=O)CC[C@@]43C)[C@@H]1CC[C@@H]2C(=O)COC(=O)CCC(=O)O. The summed E-state index contributed by atoms with van der Waals surface area (Å²) >= 11 is 0. The van der Waals surface area contributed by atoms with Gasteiger partial charge in [-0.25, -0.2) is 0 Å². The van der Waals surface area contributed by atoms with E-state index in [-0.39, 0.29) is 53.7 Å². The number of hydrogen-bond acceptors (Lipinski definition) is 6. The first kappa shape index (κ1) is 23.1. The molecule has 3 fully saturated rings. The van der Waals surface area contributed by atoms with Crippen molar-refractivity contribution in [2.75, 3.05) is 6.61 Å². The lowest BCUT2D eigenvalue weighted by Crippen LogP contribution is -2.57. The molecule has 2 N–H and O–H groups in total. The van der Waals surface area contributed by atoms with Crippen molar-refractivity contribution in [3.63, 3.8) is 0 Å². The van der Waals surface area contributed by atoms with Crippen LogP contribution in [0.4, 0.5) is 0 Å². The number of aliphatic carboxylic acids is 1. The number of aliphatic hydroxyl groups excluding tert-OH is 1. The fourth-order valence-corrected chi connectivity index (χ4v) is 7.75. The van der Waals surface area contributed by atoms with E-state index in [1.54, 1.807) is 0 Å². The van der Waals surface area contributed by atoms with Gasteiger partial charge in [-0.15, -0.1) is 0 Å². The first-order valence-electron chi connectivity index (χ1n) is 11.9. The maximum Gasteiger partial charge on any atom is 0.306 e. The van der Waals surface area contributed by atoms with E-state index in [1.165, 1.54) is 5.57 Å².